The topological polar surface area (TPSA) is 172 Å². The molecule has 0 atom stereocenters. The van der Waals surface area contributed by atoms with E-state index in [2.05, 4.69) is 12.6 Å². The fourth-order valence-corrected chi connectivity index (χ4v) is 3.52. The van der Waals surface area contributed by atoms with Crippen LogP contribution in [0, 0.1) is 41.7 Å². The third-order valence-electron chi connectivity index (χ3n) is 5.20. The zero-order valence-electron chi connectivity index (χ0n) is 20.0. The number of hydrogen-bond acceptors (Lipinski definition) is 9. The SMILES string of the molecule is C=CCc1cc(/C=C(\C#N)c2ccc([N+](=O)[O-])cc2)cc(OCC)c1Oc1ccc([N+](=O)[O-])cc1[N+](=O)[O-]. The van der Waals surface area contributed by atoms with E-state index in [1.165, 1.54) is 24.3 Å². The first kappa shape index (κ1) is 27.0. The van der Waals surface area contributed by atoms with E-state index in [9.17, 15) is 35.6 Å². The average molecular weight is 516 g/mol. The number of nitrogens with zero attached hydrogens (tertiary/aromatic N) is 4. The Kier molecular flexibility index (Phi) is 8.47. The molecule has 0 fully saturated rings. The van der Waals surface area contributed by atoms with Crippen LogP contribution in [0.15, 0.2) is 67.3 Å². The highest BCUT2D eigenvalue weighted by Gasteiger charge is 2.24. The number of nitro benzene ring substituents is 3. The lowest BCUT2D eigenvalue weighted by atomic mass is 10.0. The van der Waals surface area contributed by atoms with E-state index in [1.807, 2.05) is 0 Å². The first-order valence-electron chi connectivity index (χ1n) is 11.1. The van der Waals surface area contributed by atoms with Crippen LogP contribution >= 0.6 is 0 Å². The Balaban J connectivity index is 2.12. The average Bonchev–Trinajstić information content (AvgIpc) is 2.89. The maximum atomic E-state index is 11.6. The van der Waals surface area contributed by atoms with E-state index in [1.54, 1.807) is 31.2 Å². The molecule has 0 saturated heterocycles. The number of rotatable bonds is 11. The van der Waals surface area contributed by atoms with Gasteiger partial charge in [0.05, 0.1) is 39.1 Å². The van der Waals surface area contributed by atoms with Gasteiger partial charge in [-0.15, -0.1) is 6.58 Å². The second-order valence-corrected chi connectivity index (χ2v) is 7.68. The van der Waals surface area contributed by atoms with E-state index >= 15 is 0 Å². The van der Waals surface area contributed by atoms with Crippen molar-refractivity contribution < 1.29 is 24.2 Å². The Morgan fingerprint density at radius 1 is 0.947 bits per heavy atom. The van der Waals surface area contributed by atoms with Crippen LogP contribution in [0.1, 0.15) is 23.6 Å². The van der Waals surface area contributed by atoms with Gasteiger partial charge >= 0.3 is 5.69 Å². The van der Waals surface area contributed by atoms with Crippen molar-refractivity contribution in [2.24, 2.45) is 0 Å². The zero-order chi connectivity index (χ0) is 27.8. The molecule has 3 aromatic carbocycles. The summed E-state index contributed by atoms with van der Waals surface area (Å²) in [6.07, 6.45) is 3.41. The molecule has 0 bridgehead atoms. The van der Waals surface area contributed by atoms with Crippen LogP contribution in [0.4, 0.5) is 17.1 Å². The summed E-state index contributed by atoms with van der Waals surface area (Å²) in [4.78, 5) is 31.5. The van der Waals surface area contributed by atoms with Crippen molar-refractivity contribution in [1.82, 2.24) is 0 Å². The summed E-state index contributed by atoms with van der Waals surface area (Å²) in [7, 11) is 0. The van der Waals surface area contributed by atoms with Crippen LogP contribution in [0.2, 0.25) is 0 Å². The monoisotopic (exact) mass is 516 g/mol. The largest absolute Gasteiger partial charge is 0.490 e. The summed E-state index contributed by atoms with van der Waals surface area (Å²) in [5.41, 5.74) is 0.572. The van der Waals surface area contributed by atoms with Gasteiger partial charge in [-0.2, -0.15) is 5.26 Å². The Hall–Kier alpha value is -5.57. The number of nitriles is 1. The third-order valence-corrected chi connectivity index (χ3v) is 5.20. The van der Waals surface area contributed by atoms with Crippen molar-refractivity contribution in [3.05, 3.63) is 114 Å². The molecule has 0 aliphatic heterocycles. The molecule has 0 aliphatic carbocycles. The predicted octanol–water partition coefficient (Wildman–Crippen LogP) is 6.39. The van der Waals surface area contributed by atoms with Gasteiger partial charge in [-0.3, -0.25) is 30.3 Å². The molecule has 3 rings (SSSR count). The molecule has 12 heteroatoms. The molecule has 0 amide bonds. The summed E-state index contributed by atoms with van der Waals surface area (Å²) < 4.78 is 11.6. The van der Waals surface area contributed by atoms with Crippen LogP contribution in [0.25, 0.3) is 11.6 Å². The smallest absolute Gasteiger partial charge is 0.318 e. The second-order valence-electron chi connectivity index (χ2n) is 7.68. The Morgan fingerprint density at radius 2 is 1.61 bits per heavy atom. The van der Waals surface area contributed by atoms with Gasteiger partial charge in [0.2, 0.25) is 5.75 Å². The first-order chi connectivity index (χ1) is 18.2. The summed E-state index contributed by atoms with van der Waals surface area (Å²) in [6, 6.07) is 13.9. The lowest BCUT2D eigenvalue weighted by Crippen LogP contribution is -2.02. The van der Waals surface area contributed by atoms with Gasteiger partial charge in [0, 0.05) is 23.8 Å². The Bertz CT molecular complexity index is 1490. The fraction of sp³-hybridized carbons (Fsp3) is 0.115. The van der Waals surface area contributed by atoms with Gasteiger partial charge < -0.3 is 9.47 Å². The van der Waals surface area contributed by atoms with Crippen molar-refractivity contribution in [2.45, 2.75) is 13.3 Å². The Labute approximate surface area is 216 Å². The van der Waals surface area contributed by atoms with Crippen LogP contribution in [-0.2, 0) is 6.42 Å². The van der Waals surface area contributed by atoms with Gasteiger partial charge in [-0.1, -0.05) is 6.08 Å². The molecule has 192 valence electrons. The number of non-ortho nitro benzene ring substituents is 2. The molecule has 0 aromatic heterocycles. The van der Waals surface area contributed by atoms with E-state index in [4.69, 9.17) is 9.47 Å². The van der Waals surface area contributed by atoms with Crippen molar-refractivity contribution in [1.29, 1.82) is 5.26 Å². The first-order valence-corrected chi connectivity index (χ1v) is 11.1. The number of allylic oxidation sites excluding steroid dienone is 2. The molecule has 0 saturated carbocycles. The molecule has 0 radical (unpaired) electrons. The molecule has 0 aliphatic rings. The maximum Gasteiger partial charge on any atom is 0.318 e. The number of nitro groups is 3. The molecule has 0 N–H and O–H groups in total. The minimum Gasteiger partial charge on any atom is -0.490 e. The number of ether oxygens (including phenoxy) is 2. The minimum absolute atomic E-state index is 0.111. The second kappa shape index (κ2) is 11.9. The van der Waals surface area contributed by atoms with Crippen LogP contribution in [-0.4, -0.2) is 21.4 Å². The van der Waals surface area contributed by atoms with Crippen LogP contribution in [0.5, 0.6) is 17.2 Å². The fourth-order valence-electron chi connectivity index (χ4n) is 3.52. The molecule has 0 spiro atoms. The van der Waals surface area contributed by atoms with E-state index in [0.717, 1.165) is 18.2 Å². The number of hydrogen-bond donors (Lipinski definition) is 0. The molecule has 0 unspecified atom stereocenters. The van der Waals surface area contributed by atoms with Gasteiger partial charge in [0.1, 0.15) is 0 Å². The molecule has 0 heterocycles. The summed E-state index contributed by atoms with van der Waals surface area (Å²) in [5.74, 6) is 0.139. The maximum absolute atomic E-state index is 11.6. The zero-order valence-corrected chi connectivity index (χ0v) is 20.0. The van der Waals surface area contributed by atoms with E-state index in [0.29, 0.717) is 16.7 Å². The van der Waals surface area contributed by atoms with E-state index in [-0.39, 0.29) is 41.5 Å². The highest BCUT2D eigenvalue weighted by Crippen LogP contribution is 2.41. The molecule has 3 aromatic rings. The normalized spacial score (nSPS) is 10.8. The summed E-state index contributed by atoms with van der Waals surface area (Å²) in [6.45, 7) is 5.67. The highest BCUT2D eigenvalue weighted by molar-refractivity contribution is 5.90. The van der Waals surface area contributed by atoms with Gasteiger partial charge in [-0.05, 0) is 60.9 Å². The standard InChI is InChI=1S/C26H20N4O8/c1-3-5-19-12-17(13-20(16-27)18-6-8-21(9-7-18)28(31)32)14-25(37-4-2)26(19)38-24-11-10-22(29(33)34)15-23(24)30(35)36/h3,6-15H,1,4-5H2,2H3/b20-13+. The van der Waals surface area contributed by atoms with Crippen LogP contribution < -0.4 is 9.47 Å². The molecule has 12 nitrogen and oxygen atoms in total. The summed E-state index contributed by atoms with van der Waals surface area (Å²) in [5, 5.41) is 43.3. The van der Waals surface area contributed by atoms with Gasteiger partial charge in [0.15, 0.2) is 11.5 Å². The van der Waals surface area contributed by atoms with Crippen molar-refractivity contribution in [3.8, 4) is 23.3 Å². The number of benzene rings is 3. The van der Waals surface area contributed by atoms with Gasteiger partial charge in [-0.25, -0.2) is 0 Å². The lowest BCUT2D eigenvalue weighted by molar-refractivity contribution is -0.394. The molecular formula is C26H20N4O8. The van der Waals surface area contributed by atoms with E-state index < -0.39 is 26.1 Å². The highest BCUT2D eigenvalue weighted by atomic mass is 16.6. The third kappa shape index (κ3) is 6.16. The van der Waals surface area contributed by atoms with Crippen molar-refractivity contribution >= 4 is 28.7 Å². The quantitative estimate of drug-likeness (QED) is 0.0919. The lowest BCUT2D eigenvalue weighted by Gasteiger charge is -2.16. The van der Waals surface area contributed by atoms with Crippen LogP contribution in [0.3, 0.4) is 0 Å². The molecular weight excluding hydrogens is 496 g/mol. The minimum atomic E-state index is -0.781. The summed E-state index contributed by atoms with van der Waals surface area (Å²) >= 11 is 0. The van der Waals surface area contributed by atoms with Crippen molar-refractivity contribution in [2.75, 3.05) is 6.61 Å². The van der Waals surface area contributed by atoms with Gasteiger partial charge in [0.25, 0.3) is 11.4 Å². The molecule has 38 heavy (non-hydrogen) atoms. The Morgan fingerprint density at radius 3 is 2.16 bits per heavy atom. The van der Waals surface area contributed by atoms with Crippen molar-refractivity contribution in [3.63, 3.8) is 0 Å². The predicted molar refractivity (Wildman–Crippen MR) is 138 cm³/mol.